The van der Waals surface area contributed by atoms with Crippen LogP contribution in [-0.2, 0) is 6.54 Å². The van der Waals surface area contributed by atoms with E-state index in [1.807, 2.05) is 23.1 Å². The first-order valence-electron chi connectivity index (χ1n) is 6.57. The van der Waals surface area contributed by atoms with Gasteiger partial charge in [0.1, 0.15) is 0 Å². The zero-order chi connectivity index (χ0) is 12.8. The predicted molar refractivity (Wildman–Crippen MR) is 74.4 cm³/mol. The molecule has 3 nitrogen and oxygen atoms in total. The molecule has 1 aromatic carbocycles. The van der Waals surface area contributed by atoms with E-state index >= 15 is 0 Å². The molecule has 0 aliphatic heterocycles. The van der Waals surface area contributed by atoms with Crippen molar-refractivity contribution in [2.45, 2.75) is 32.9 Å². The number of rotatable bonds is 6. The van der Waals surface area contributed by atoms with Crippen molar-refractivity contribution in [3.8, 4) is 0 Å². The van der Waals surface area contributed by atoms with Gasteiger partial charge in [-0.3, -0.25) is 4.68 Å². The molecule has 2 aromatic rings. The summed E-state index contributed by atoms with van der Waals surface area (Å²) in [5, 5.41) is 7.87. The van der Waals surface area contributed by atoms with Crippen LogP contribution in [0, 0.1) is 6.92 Å². The number of aromatic nitrogens is 2. The van der Waals surface area contributed by atoms with Crippen molar-refractivity contribution in [3.63, 3.8) is 0 Å². The van der Waals surface area contributed by atoms with Crippen LogP contribution in [-0.4, -0.2) is 16.3 Å². The minimum Gasteiger partial charge on any atom is -0.308 e. The summed E-state index contributed by atoms with van der Waals surface area (Å²) in [6.45, 7) is 6.20. The summed E-state index contributed by atoms with van der Waals surface area (Å²) in [7, 11) is 0. The first-order chi connectivity index (χ1) is 8.79. The fourth-order valence-corrected chi connectivity index (χ4v) is 2.00. The second-order valence-corrected chi connectivity index (χ2v) is 4.65. The molecule has 0 bridgehead atoms. The van der Waals surface area contributed by atoms with Crippen LogP contribution in [0.3, 0.4) is 0 Å². The van der Waals surface area contributed by atoms with E-state index in [2.05, 4.69) is 48.5 Å². The lowest BCUT2D eigenvalue weighted by atomic mass is 10.0. The topological polar surface area (TPSA) is 29.9 Å². The van der Waals surface area contributed by atoms with Crippen molar-refractivity contribution in [2.75, 3.05) is 6.54 Å². The summed E-state index contributed by atoms with van der Waals surface area (Å²) in [6.07, 6.45) is 4.97. The van der Waals surface area contributed by atoms with Gasteiger partial charge in [0, 0.05) is 12.4 Å². The highest BCUT2D eigenvalue weighted by atomic mass is 15.3. The first-order valence-corrected chi connectivity index (χ1v) is 6.57. The van der Waals surface area contributed by atoms with Gasteiger partial charge in [-0.1, -0.05) is 36.8 Å². The Balaban J connectivity index is 2.11. The monoisotopic (exact) mass is 243 g/mol. The van der Waals surface area contributed by atoms with Gasteiger partial charge in [0.25, 0.3) is 0 Å². The zero-order valence-corrected chi connectivity index (χ0v) is 11.1. The summed E-state index contributed by atoms with van der Waals surface area (Å²) < 4.78 is 1.98. The molecule has 1 aromatic heterocycles. The van der Waals surface area contributed by atoms with E-state index in [1.54, 1.807) is 0 Å². The minimum absolute atomic E-state index is 0.324. The molecule has 0 amide bonds. The molecule has 1 N–H and O–H groups in total. The normalized spacial score (nSPS) is 12.6. The summed E-state index contributed by atoms with van der Waals surface area (Å²) in [6, 6.07) is 11.0. The molecule has 1 heterocycles. The van der Waals surface area contributed by atoms with Crippen LogP contribution in [0.4, 0.5) is 0 Å². The fraction of sp³-hybridized carbons (Fsp3) is 0.400. The molecule has 0 aliphatic carbocycles. The van der Waals surface area contributed by atoms with E-state index < -0.39 is 0 Å². The van der Waals surface area contributed by atoms with Crippen LogP contribution >= 0.6 is 0 Å². The van der Waals surface area contributed by atoms with Crippen LogP contribution in [0.1, 0.15) is 30.5 Å². The Labute approximate surface area is 109 Å². The number of nitrogens with zero attached hydrogens (tertiary/aromatic N) is 2. The molecule has 1 atom stereocenters. The Kier molecular flexibility index (Phi) is 4.53. The van der Waals surface area contributed by atoms with Crippen molar-refractivity contribution in [1.82, 2.24) is 15.1 Å². The van der Waals surface area contributed by atoms with E-state index in [0.717, 1.165) is 19.5 Å². The number of nitrogens with one attached hydrogen (secondary N) is 1. The number of aryl methyl sites for hydroxylation is 1. The van der Waals surface area contributed by atoms with Gasteiger partial charge in [0.05, 0.1) is 12.6 Å². The lowest BCUT2D eigenvalue weighted by Gasteiger charge is -2.19. The Morgan fingerprint density at radius 3 is 2.67 bits per heavy atom. The summed E-state index contributed by atoms with van der Waals surface area (Å²) >= 11 is 0. The third kappa shape index (κ3) is 3.44. The van der Waals surface area contributed by atoms with Gasteiger partial charge in [-0.25, -0.2) is 0 Å². The SMILES string of the molecule is CCCNC(Cn1cccn1)c1ccc(C)cc1. The summed E-state index contributed by atoms with van der Waals surface area (Å²) in [4.78, 5) is 0. The van der Waals surface area contributed by atoms with Crippen LogP contribution in [0.2, 0.25) is 0 Å². The standard InChI is InChI=1S/C15H21N3/c1-3-9-16-15(12-18-11-4-10-17-18)14-7-5-13(2)6-8-14/h4-8,10-11,15-16H,3,9,12H2,1-2H3. The van der Waals surface area contributed by atoms with Gasteiger partial charge >= 0.3 is 0 Å². The maximum absolute atomic E-state index is 4.28. The molecule has 1 unspecified atom stereocenters. The number of benzene rings is 1. The van der Waals surface area contributed by atoms with Gasteiger partial charge in [0.15, 0.2) is 0 Å². The highest BCUT2D eigenvalue weighted by Crippen LogP contribution is 2.15. The Morgan fingerprint density at radius 2 is 2.06 bits per heavy atom. The van der Waals surface area contributed by atoms with E-state index in [4.69, 9.17) is 0 Å². The quantitative estimate of drug-likeness (QED) is 0.845. The molecule has 3 heteroatoms. The third-order valence-corrected chi connectivity index (χ3v) is 3.05. The van der Waals surface area contributed by atoms with E-state index in [9.17, 15) is 0 Å². The molecule has 0 spiro atoms. The van der Waals surface area contributed by atoms with Gasteiger partial charge in [-0.2, -0.15) is 5.10 Å². The molecule has 0 radical (unpaired) electrons. The number of hydrogen-bond donors (Lipinski definition) is 1. The zero-order valence-electron chi connectivity index (χ0n) is 11.1. The minimum atomic E-state index is 0.324. The molecule has 0 saturated carbocycles. The predicted octanol–water partition coefficient (Wildman–Crippen LogP) is 2.93. The highest BCUT2D eigenvalue weighted by Gasteiger charge is 2.11. The Bertz CT molecular complexity index is 445. The average molecular weight is 243 g/mol. The van der Waals surface area contributed by atoms with Gasteiger partial charge in [0.2, 0.25) is 0 Å². The lowest BCUT2D eigenvalue weighted by molar-refractivity contribution is 0.439. The van der Waals surface area contributed by atoms with Crippen molar-refractivity contribution in [2.24, 2.45) is 0 Å². The molecule has 2 rings (SSSR count). The van der Waals surface area contributed by atoms with Crippen molar-refractivity contribution in [1.29, 1.82) is 0 Å². The first kappa shape index (κ1) is 12.8. The molecule has 0 saturated heterocycles. The van der Waals surface area contributed by atoms with Crippen molar-refractivity contribution >= 4 is 0 Å². The summed E-state index contributed by atoms with van der Waals surface area (Å²) in [5.74, 6) is 0. The average Bonchev–Trinajstić information content (AvgIpc) is 2.88. The maximum Gasteiger partial charge on any atom is 0.0604 e. The molecular weight excluding hydrogens is 222 g/mol. The number of hydrogen-bond acceptors (Lipinski definition) is 2. The molecule has 96 valence electrons. The maximum atomic E-state index is 4.28. The van der Waals surface area contributed by atoms with Crippen LogP contribution in [0.5, 0.6) is 0 Å². The summed E-state index contributed by atoms with van der Waals surface area (Å²) in [5.41, 5.74) is 2.62. The van der Waals surface area contributed by atoms with E-state index in [0.29, 0.717) is 6.04 Å². The van der Waals surface area contributed by atoms with Crippen LogP contribution < -0.4 is 5.32 Å². The lowest BCUT2D eigenvalue weighted by Crippen LogP contribution is -2.26. The van der Waals surface area contributed by atoms with Crippen LogP contribution in [0.15, 0.2) is 42.7 Å². The van der Waals surface area contributed by atoms with E-state index in [1.165, 1.54) is 11.1 Å². The Morgan fingerprint density at radius 1 is 1.28 bits per heavy atom. The third-order valence-electron chi connectivity index (χ3n) is 3.05. The fourth-order valence-electron chi connectivity index (χ4n) is 2.00. The van der Waals surface area contributed by atoms with Gasteiger partial charge in [-0.05, 0) is 31.5 Å². The highest BCUT2D eigenvalue weighted by molar-refractivity contribution is 5.24. The smallest absolute Gasteiger partial charge is 0.0604 e. The Hall–Kier alpha value is -1.61. The van der Waals surface area contributed by atoms with Gasteiger partial charge in [-0.15, -0.1) is 0 Å². The van der Waals surface area contributed by atoms with E-state index in [-0.39, 0.29) is 0 Å². The second-order valence-electron chi connectivity index (χ2n) is 4.65. The molecule has 0 fully saturated rings. The van der Waals surface area contributed by atoms with Gasteiger partial charge < -0.3 is 5.32 Å². The van der Waals surface area contributed by atoms with Crippen molar-refractivity contribution in [3.05, 3.63) is 53.9 Å². The van der Waals surface area contributed by atoms with Crippen LogP contribution in [0.25, 0.3) is 0 Å². The molecule has 0 aliphatic rings. The van der Waals surface area contributed by atoms with Crippen molar-refractivity contribution < 1.29 is 0 Å². The largest absolute Gasteiger partial charge is 0.308 e. The second kappa shape index (κ2) is 6.36. The molecule has 18 heavy (non-hydrogen) atoms. The molecular formula is C15H21N3.